The molecule has 0 saturated heterocycles. The third-order valence-corrected chi connectivity index (χ3v) is 4.41. The molecule has 2 atom stereocenters. The first-order valence-corrected chi connectivity index (χ1v) is 8.30. The van der Waals surface area contributed by atoms with Crippen molar-refractivity contribution in [2.75, 3.05) is 30.0 Å². The highest BCUT2D eigenvalue weighted by atomic mass is 32.2. The molecule has 1 heterocycles. The number of nitrogens with zero attached hydrogens (tertiary/aromatic N) is 2. The molecule has 5 nitrogen and oxygen atoms in total. The van der Waals surface area contributed by atoms with E-state index in [2.05, 4.69) is 27.5 Å². The first-order chi connectivity index (χ1) is 9.06. The first kappa shape index (κ1) is 15.9. The second-order valence-electron chi connectivity index (χ2n) is 4.65. The van der Waals surface area contributed by atoms with Gasteiger partial charge in [0, 0.05) is 41.0 Å². The monoisotopic (exact) mass is 284 g/mol. The Balaban J connectivity index is 2.56. The summed E-state index contributed by atoms with van der Waals surface area (Å²) in [6.45, 7) is 7.80. The molecule has 1 rings (SSSR count). The van der Waals surface area contributed by atoms with Crippen LogP contribution < -0.4 is 10.6 Å². The number of anilines is 2. The molecule has 1 aromatic rings. The van der Waals surface area contributed by atoms with E-state index in [4.69, 9.17) is 0 Å². The van der Waals surface area contributed by atoms with Gasteiger partial charge in [0.2, 0.25) is 0 Å². The van der Waals surface area contributed by atoms with Crippen molar-refractivity contribution in [3.8, 4) is 0 Å². The Labute approximate surface area is 118 Å². The van der Waals surface area contributed by atoms with Crippen LogP contribution in [0.15, 0.2) is 6.33 Å². The molecule has 0 aliphatic rings. The highest BCUT2D eigenvalue weighted by Gasteiger charge is 2.08. The first-order valence-electron chi connectivity index (χ1n) is 6.67. The molecule has 0 saturated carbocycles. The quantitative estimate of drug-likeness (QED) is 0.766. The molecule has 19 heavy (non-hydrogen) atoms. The van der Waals surface area contributed by atoms with E-state index in [9.17, 15) is 4.21 Å². The summed E-state index contributed by atoms with van der Waals surface area (Å²) >= 11 is 0. The van der Waals surface area contributed by atoms with Gasteiger partial charge in [0.25, 0.3) is 0 Å². The maximum Gasteiger partial charge on any atom is 0.134 e. The topological polar surface area (TPSA) is 66.9 Å². The van der Waals surface area contributed by atoms with Crippen molar-refractivity contribution >= 4 is 22.4 Å². The average Bonchev–Trinajstić information content (AvgIpc) is 2.39. The predicted molar refractivity (Wildman–Crippen MR) is 82.2 cm³/mol. The predicted octanol–water partition coefficient (Wildman–Crippen LogP) is 2.18. The van der Waals surface area contributed by atoms with Gasteiger partial charge in [-0.3, -0.25) is 4.21 Å². The Morgan fingerprint density at radius 3 is 2.37 bits per heavy atom. The summed E-state index contributed by atoms with van der Waals surface area (Å²) in [7, 11) is -0.767. The van der Waals surface area contributed by atoms with Crippen molar-refractivity contribution in [3.63, 3.8) is 0 Å². The molecule has 0 aliphatic heterocycles. The molecule has 1 aromatic heterocycles. The number of rotatable bonds is 8. The van der Waals surface area contributed by atoms with Crippen LogP contribution >= 0.6 is 0 Å². The molecular weight excluding hydrogens is 260 g/mol. The van der Waals surface area contributed by atoms with Crippen LogP contribution in [-0.2, 0) is 10.8 Å². The van der Waals surface area contributed by atoms with Gasteiger partial charge < -0.3 is 10.6 Å². The van der Waals surface area contributed by atoms with Crippen LogP contribution in [-0.4, -0.2) is 38.8 Å². The fourth-order valence-corrected chi connectivity index (χ4v) is 2.06. The van der Waals surface area contributed by atoms with Gasteiger partial charge in [-0.15, -0.1) is 0 Å². The Bertz CT molecular complexity index is 425. The van der Waals surface area contributed by atoms with Gasteiger partial charge in [-0.25, -0.2) is 9.97 Å². The van der Waals surface area contributed by atoms with Crippen LogP contribution in [0.5, 0.6) is 0 Å². The zero-order chi connectivity index (χ0) is 14.3. The Hall–Kier alpha value is -1.17. The van der Waals surface area contributed by atoms with Crippen molar-refractivity contribution < 1.29 is 4.21 Å². The van der Waals surface area contributed by atoms with Gasteiger partial charge in [0.05, 0.1) is 0 Å². The third kappa shape index (κ3) is 5.14. The SMILES string of the molecule is CCCNc1ncnc(NCCC(C)S(C)=O)c1C. The smallest absolute Gasteiger partial charge is 0.134 e. The van der Waals surface area contributed by atoms with Crippen molar-refractivity contribution in [2.24, 2.45) is 0 Å². The molecule has 0 spiro atoms. The van der Waals surface area contributed by atoms with Gasteiger partial charge in [-0.2, -0.15) is 0 Å². The van der Waals surface area contributed by atoms with Crippen LogP contribution in [0.25, 0.3) is 0 Å². The molecule has 6 heteroatoms. The van der Waals surface area contributed by atoms with Gasteiger partial charge in [-0.05, 0) is 19.8 Å². The van der Waals surface area contributed by atoms with E-state index in [1.807, 2.05) is 13.8 Å². The maximum absolute atomic E-state index is 11.3. The van der Waals surface area contributed by atoms with E-state index in [0.29, 0.717) is 0 Å². The molecule has 0 aromatic carbocycles. The van der Waals surface area contributed by atoms with Crippen LogP contribution in [0, 0.1) is 6.92 Å². The number of nitrogens with one attached hydrogen (secondary N) is 2. The fraction of sp³-hybridized carbons (Fsp3) is 0.692. The number of hydrogen-bond acceptors (Lipinski definition) is 5. The molecule has 2 N–H and O–H groups in total. The lowest BCUT2D eigenvalue weighted by molar-refractivity contribution is 0.672. The van der Waals surface area contributed by atoms with Gasteiger partial charge >= 0.3 is 0 Å². The summed E-state index contributed by atoms with van der Waals surface area (Å²) in [5.74, 6) is 1.73. The molecule has 2 unspecified atom stereocenters. The van der Waals surface area contributed by atoms with Crippen molar-refractivity contribution in [3.05, 3.63) is 11.9 Å². The normalized spacial score (nSPS) is 13.9. The van der Waals surface area contributed by atoms with Crippen LogP contribution in [0.3, 0.4) is 0 Å². The summed E-state index contributed by atoms with van der Waals surface area (Å²) in [4.78, 5) is 8.49. The second-order valence-corrected chi connectivity index (χ2v) is 6.45. The molecule has 0 amide bonds. The van der Waals surface area contributed by atoms with Gasteiger partial charge in [0.1, 0.15) is 18.0 Å². The highest BCUT2D eigenvalue weighted by Crippen LogP contribution is 2.18. The Kier molecular flexibility index (Phi) is 6.77. The van der Waals surface area contributed by atoms with Gasteiger partial charge in [0.15, 0.2) is 0 Å². The van der Waals surface area contributed by atoms with Crippen LogP contribution in [0.4, 0.5) is 11.6 Å². The van der Waals surface area contributed by atoms with Crippen molar-refractivity contribution in [2.45, 2.75) is 38.9 Å². The Morgan fingerprint density at radius 2 is 1.84 bits per heavy atom. The molecule has 108 valence electrons. The van der Waals surface area contributed by atoms with E-state index >= 15 is 0 Å². The molecular formula is C13H24N4OS. The number of hydrogen-bond donors (Lipinski definition) is 2. The maximum atomic E-state index is 11.3. The summed E-state index contributed by atoms with van der Waals surface area (Å²) in [5, 5.41) is 6.77. The third-order valence-electron chi connectivity index (χ3n) is 3.04. The summed E-state index contributed by atoms with van der Waals surface area (Å²) in [5.41, 5.74) is 1.03. The van der Waals surface area contributed by atoms with E-state index in [-0.39, 0.29) is 5.25 Å². The zero-order valence-corrected chi connectivity index (χ0v) is 13.0. The fourth-order valence-electron chi connectivity index (χ4n) is 1.61. The summed E-state index contributed by atoms with van der Waals surface area (Å²) in [6, 6.07) is 0. The van der Waals surface area contributed by atoms with E-state index in [1.54, 1.807) is 12.6 Å². The Morgan fingerprint density at radius 1 is 1.26 bits per heavy atom. The zero-order valence-electron chi connectivity index (χ0n) is 12.2. The number of aromatic nitrogens is 2. The van der Waals surface area contributed by atoms with Crippen molar-refractivity contribution in [1.29, 1.82) is 0 Å². The molecule has 0 aliphatic carbocycles. The van der Waals surface area contributed by atoms with Crippen LogP contribution in [0.1, 0.15) is 32.3 Å². The molecule has 0 radical (unpaired) electrons. The second kappa shape index (κ2) is 8.09. The minimum absolute atomic E-state index is 0.201. The summed E-state index contributed by atoms with van der Waals surface area (Å²) in [6.07, 6.45) is 5.23. The van der Waals surface area contributed by atoms with Crippen molar-refractivity contribution in [1.82, 2.24) is 9.97 Å². The van der Waals surface area contributed by atoms with E-state index in [0.717, 1.165) is 43.1 Å². The average molecular weight is 284 g/mol. The summed E-state index contributed by atoms with van der Waals surface area (Å²) < 4.78 is 11.3. The molecule has 0 bridgehead atoms. The van der Waals surface area contributed by atoms with Crippen LogP contribution in [0.2, 0.25) is 0 Å². The standard InChI is InChI=1S/C13H24N4OS/c1-5-7-14-12-11(3)13(17-9-16-12)15-8-6-10(2)19(4)18/h9-10H,5-8H2,1-4H3,(H2,14,15,16,17). The van der Waals surface area contributed by atoms with Gasteiger partial charge in [-0.1, -0.05) is 13.8 Å². The van der Waals surface area contributed by atoms with E-state index in [1.165, 1.54) is 0 Å². The largest absolute Gasteiger partial charge is 0.370 e. The lowest BCUT2D eigenvalue weighted by Gasteiger charge is -2.13. The lowest BCUT2D eigenvalue weighted by Crippen LogP contribution is -2.16. The van der Waals surface area contributed by atoms with E-state index < -0.39 is 10.8 Å². The minimum Gasteiger partial charge on any atom is -0.370 e. The molecule has 0 fully saturated rings. The highest BCUT2D eigenvalue weighted by molar-refractivity contribution is 7.84. The lowest BCUT2D eigenvalue weighted by atomic mass is 10.3. The minimum atomic E-state index is -0.767.